The van der Waals surface area contributed by atoms with Crippen molar-refractivity contribution in [2.45, 2.75) is 18.4 Å². The van der Waals surface area contributed by atoms with Crippen LogP contribution in [0.15, 0.2) is 11.1 Å². The second kappa shape index (κ2) is 4.31. The SMILES string of the molecule is Cc1nc(S(=O)(=O)Cl)cc(C(F)F)c1C#N. The Balaban J connectivity index is 3.61. The van der Waals surface area contributed by atoms with E-state index in [4.69, 9.17) is 15.9 Å². The lowest BCUT2D eigenvalue weighted by atomic mass is 10.1. The van der Waals surface area contributed by atoms with Crippen molar-refractivity contribution >= 4 is 19.7 Å². The summed E-state index contributed by atoms with van der Waals surface area (Å²) in [6, 6.07) is 2.15. The maximum atomic E-state index is 12.5. The fourth-order valence-corrected chi connectivity index (χ4v) is 1.86. The van der Waals surface area contributed by atoms with Crippen LogP contribution in [-0.2, 0) is 9.05 Å². The molecule has 86 valence electrons. The first kappa shape index (κ1) is 12.8. The summed E-state index contributed by atoms with van der Waals surface area (Å²) < 4.78 is 47.0. The summed E-state index contributed by atoms with van der Waals surface area (Å²) in [6.45, 7) is 1.26. The Morgan fingerprint density at radius 1 is 1.56 bits per heavy atom. The van der Waals surface area contributed by atoms with Crippen LogP contribution in [0.25, 0.3) is 0 Å². The first-order valence-corrected chi connectivity index (χ1v) is 6.22. The molecule has 0 fully saturated rings. The number of hydrogen-bond acceptors (Lipinski definition) is 4. The van der Waals surface area contributed by atoms with Gasteiger partial charge in [-0.05, 0) is 13.0 Å². The number of aryl methyl sites for hydroxylation is 1. The third kappa shape index (κ3) is 2.46. The van der Waals surface area contributed by atoms with Gasteiger partial charge in [-0.2, -0.15) is 5.26 Å². The van der Waals surface area contributed by atoms with Gasteiger partial charge in [-0.15, -0.1) is 0 Å². The van der Waals surface area contributed by atoms with E-state index in [1.54, 1.807) is 6.07 Å². The average Bonchev–Trinajstić information content (AvgIpc) is 2.14. The first-order chi connectivity index (χ1) is 7.27. The summed E-state index contributed by atoms with van der Waals surface area (Å²) >= 11 is 0. The number of hydrogen-bond donors (Lipinski definition) is 0. The van der Waals surface area contributed by atoms with Crippen LogP contribution in [0.5, 0.6) is 0 Å². The maximum absolute atomic E-state index is 12.5. The minimum atomic E-state index is -4.19. The first-order valence-electron chi connectivity index (χ1n) is 3.92. The van der Waals surface area contributed by atoms with Crippen molar-refractivity contribution in [2.24, 2.45) is 0 Å². The van der Waals surface area contributed by atoms with Crippen LogP contribution in [0, 0.1) is 18.3 Å². The molecule has 16 heavy (non-hydrogen) atoms. The molecule has 0 bridgehead atoms. The molecule has 1 aromatic rings. The van der Waals surface area contributed by atoms with Crippen LogP contribution in [0.3, 0.4) is 0 Å². The van der Waals surface area contributed by atoms with Crippen molar-refractivity contribution in [1.82, 2.24) is 4.98 Å². The van der Waals surface area contributed by atoms with E-state index in [0.29, 0.717) is 6.07 Å². The molecule has 0 radical (unpaired) electrons. The number of rotatable bonds is 2. The van der Waals surface area contributed by atoms with Crippen molar-refractivity contribution in [3.05, 3.63) is 22.9 Å². The standard InChI is InChI=1S/C8H5ClF2N2O2S/c1-4-6(3-12)5(8(10)11)2-7(13-4)16(9,14)15/h2,8H,1H3. The fourth-order valence-electron chi connectivity index (χ4n) is 1.11. The topological polar surface area (TPSA) is 70.8 Å². The Hall–Kier alpha value is -1.26. The summed E-state index contributed by atoms with van der Waals surface area (Å²) in [7, 11) is 0.797. The minimum absolute atomic E-state index is 0.0977. The molecule has 1 rings (SSSR count). The van der Waals surface area contributed by atoms with Gasteiger partial charge in [0, 0.05) is 16.2 Å². The fraction of sp³-hybridized carbons (Fsp3) is 0.250. The van der Waals surface area contributed by atoms with E-state index in [1.807, 2.05) is 0 Å². The smallest absolute Gasteiger partial charge is 0.239 e. The van der Waals surface area contributed by atoms with Crippen molar-refractivity contribution in [3.8, 4) is 6.07 Å². The highest BCUT2D eigenvalue weighted by Gasteiger charge is 2.22. The molecule has 0 aliphatic carbocycles. The summed E-state index contributed by atoms with van der Waals surface area (Å²) in [5, 5.41) is 7.96. The monoisotopic (exact) mass is 266 g/mol. The van der Waals surface area contributed by atoms with Crippen LogP contribution >= 0.6 is 10.7 Å². The lowest BCUT2D eigenvalue weighted by Gasteiger charge is -2.06. The van der Waals surface area contributed by atoms with Gasteiger partial charge in [-0.25, -0.2) is 22.2 Å². The molecule has 0 atom stereocenters. The third-order valence-corrected chi connectivity index (χ3v) is 2.99. The molecule has 0 aromatic carbocycles. The van der Waals surface area contributed by atoms with Gasteiger partial charge < -0.3 is 0 Å². The normalized spacial score (nSPS) is 11.5. The summed E-state index contributed by atoms with van der Waals surface area (Å²) in [5.74, 6) is 0. The molecule has 0 unspecified atom stereocenters. The van der Waals surface area contributed by atoms with Gasteiger partial charge in [0.25, 0.3) is 15.5 Å². The van der Waals surface area contributed by atoms with E-state index in [2.05, 4.69) is 4.98 Å². The van der Waals surface area contributed by atoms with Gasteiger partial charge in [0.05, 0.1) is 11.3 Å². The van der Waals surface area contributed by atoms with Gasteiger partial charge in [0.1, 0.15) is 6.07 Å². The lowest BCUT2D eigenvalue weighted by molar-refractivity contribution is 0.150. The molecule has 4 nitrogen and oxygen atoms in total. The molecular formula is C8H5ClF2N2O2S. The van der Waals surface area contributed by atoms with E-state index in [-0.39, 0.29) is 11.3 Å². The van der Waals surface area contributed by atoms with Crippen molar-refractivity contribution in [2.75, 3.05) is 0 Å². The maximum Gasteiger partial charge on any atom is 0.278 e. The average molecular weight is 267 g/mol. The summed E-state index contributed by atoms with van der Waals surface area (Å²) in [4.78, 5) is 3.48. The lowest BCUT2D eigenvalue weighted by Crippen LogP contribution is -2.03. The van der Waals surface area contributed by atoms with Crippen LogP contribution in [0.2, 0.25) is 0 Å². The van der Waals surface area contributed by atoms with Gasteiger partial charge in [-0.3, -0.25) is 0 Å². The number of nitriles is 1. The molecule has 8 heteroatoms. The molecule has 0 aliphatic rings. The van der Waals surface area contributed by atoms with E-state index in [0.717, 1.165) is 0 Å². The molecule has 0 amide bonds. The Bertz CT molecular complexity index is 566. The second-order valence-corrected chi connectivity index (χ2v) is 5.37. The molecule has 0 spiro atoms. The number of nitrogens with zero attached hydrogens (tertiary/aromatic N) is 2. The molecule has 0 saturated heterocycles. The number of halogens is 3. The zero-order valence-corrected chi connectivity index (χ0v) is 9.48. The van der Waals surface area contributed by atoms with E-state index in [1.165, 1.54) is 6.92 Å². The van der Waals surface area contributed by atoms with Crippen molar-refractivity contribution in [3.63, 3.8) is 0 Å². The Kier molecular flexibility index (Phi) is 3.45. The second-order valence-electron chi connectivity index (χ2n) is 2.86. The Morgan fingerprint density at radius 3 is 2.50 bits per heavy atom. The van der Waals surface area contributed by atoms with Crippen LogP contribution in [-0.4, -0.2) is 13.4 Å². The van der Waals surface area contributed by atoms with Gasteiger partial charge in [0.2, 0.25) is 0 Å². The van der Waals surface area contributed by atoms with Gasteiger partial charge in [0.15, 0.2) is 5.03 Å². The van der Waals surface area contributed by atoms with Crippen LogP contribution in [0.1, 0.15) is 23.2 Å². The highest BCUT2D eigenvalue weighted by Crippen LogP contribution is 2.27. The molecule has 0 aliphatic heterocycles. The van der Waals surface area contributed by atoms with E-state index >= 15 is 0 Å². The van der Waals surface area contributed by atoms with Gasteiger partial charge in [-0.1, -0.05) is 0 Å². The predicted molar refractivity (Wildman–Crippen MR) is 51.7 cm³/mol. The molecular weight excluding hydrogens is 262 g/mol. The minimum Gasteiger partial charge on any atom is -0.239 e. The largest absolute Gasteiger partial charge is 0.278 e. The molecule has 1 aromatic heterocycles. The van der Waals surface area contributed by atoms with Gasteiger partial charge >= 0.3 is 0 Å². The van der Waals surface area contributed by atoms with E-state index in [9.17, 15) is 17.2 Å². The molecule has 0 saturated carbocycles. The molecule has 1 heterocycles. The zero-order valence-electron chi connectivity index (χ0n) is 7.91. The van der Waals surface area contributed by atoms with Crippen molar-refractivity contribution in [1.29, 1.82) is 5.26 Å². The summed E-state index contributed by atoms with van der Waals surface area (Å²) in [6.07, 6.45) is -2.96. The van der Waals surface area contributed by atoms with Crippen LogP contribution in [0.4, 0.5) is 8.78 Å². The van der Waals surface area contributed by atoms with Crippen LogP contribution < -0.4 is 0 Å². The highest BCUT2D eigenvalue weighted by molar-refractivity contribution is 8.13. The number of alkyl halides is 2. The Labute approximate surface area is 94.9 Å². The van der Waals surface area contributed by atoms with Crippen molar-refractivity contribution < 1.29 is 17.2 Å². The Morgan fingerprint density at radius 2 is 2.12 bits per heavy atom. The highest BCUT2D eigenvalue weighted by atomic mass is 35.7. The molecule has 0 N–H and O–H groups in total. The predicted octanol–water partition coefficient (Wildman–Crippen LogP) is 2.13. The number of aromatic nitrogens is 1. The number of pyridine rings is 1. The zero-order chi connectivity index (χ0) is 12.5. The quantitative estimate of drug-likeness (QED) is 0.769. The van der Waals surface area contributed by atoms with E-state index < -0.39 is 26.1 Å². The third-order valence-electron chi connectivity index (χ3n) is 1.80. The summed E-state index contributed by atoms with van der Waals surface area (Å²) in [5.41, 5.74) is -1.12.